The summed E-state index contributed by atoms with van der Waals surface area (Å²) in [5.74, 6) is 1.10. The summed E-state index contributed by atoms with van der Waals surface area (Å²) in [6, 6.07) is 0. The van der Waals surface area contributed by atoms with Crippen LogP contribution in [0.4, 0.5) is 0 Å². The van der Waals surface area contributed by atoms with E-state index in [9.17, 15) is 5.11 Å². The third kappa shape index (κ3) is 3.31. The molecule has 1 saturated carbocycles. The van der Waals surface area contributed by atoms with E-state index in [1.807, 2.05) is 0 Å². The molecule has 0 aromatic heterocycles. The Bertz CT molecular complexity index is 216. The fourth-order valence-electron chi connectivity index (χ4n) is 1.78. The van der Waals surface area contributed by atoms with Gasteiger partial charge in [-0.3, -0.25) is 0 Å². The molecule has 1 atom stereocenters. The molecule has 1 N–H and O–H groups in total. The van der Waals surface area contributed by atoms with Crippen molar-refractivity contribution in [3.05, 3.63) is 0 Å². The van der Waals surface area contributed by atoms with Crippen LogP contribution in [0.5, 0.6) is 0 Å². The summed E-state index contributed by atoms with van der Waals surface area (Å²) in [5, 5.41) is 9.67. The highest BCUT2D eigenvalue weighted by Crippen LogP contribution is 2.38. The SMILES string of the molecule is CC(C)(C)[Si](C)(C)OCC(CO)C1CCC1. The van der Waals surface area contributed by atoms with Crippen molar-refractivity contribution in [1.29, 1.82) is 0 Å². The molecule has 3 heteroatoms. The summed E-state index contributed by atoms with van der Waals surface area (Å²) in [6.45, 7) is 12.4. The maximum Gasteiger partial charge on any atom is 0.191 e. The maximum atomic E-state index is 9.40. The first-order valence-corrected chi connectivity index (χ1v) is 9.43. The molecule has 0 spiro atoms. The molecule has 0 heterocycles. The molecule has 1 aliphatic carbocycles. The molecular weight excluding hydrogens is 216 g/mol. The third-order valence-corrected chi connectivity index (χ3v) is 9.02. The minimum absolute atomic E-state index is 0.270. The lowest BCUT2D eigenvalue weighted by Crippen LogP contribution is -2.43. The summed E-state index contributed by atoms with van der Waals surface area (Å²) in [5.41, 5.74) is 0. The zero-order valence-electron chi connectivity index (χ0n) is 11.5. The van der Waals surface area contributed by atoms with Gasteiger partial charge in [0, 0.05) is 19.1 Å². The van der Waals surface area contributed by atoms with Gasteiger partial charge >= 0.3 is 0 Å². The summed E-state index contributed by atoms with van der Waals surface area (Å²) < 4.78 is 6.18. The lowest BCUT2D eigenvalue weighted by atomic mass is 9.76. The van der Waals surface area contributed by atoms with E-state index in [0.29, 0.717) is 12.5 Å². The predicted molar refractivity (Wildman–Crippen MR) is 71.1 cm³/mol. The van der Waals surface area contributed by atoms with Gasteiger partial charge in [-0.15, -0.1) is 0 Å². The summed E-state index contributed by atoms with van der Waals surface area (Å²) in [6.07, 6.45) is 3.90. The largest absolute Gasteiger partial charge is 0.416 e. The van der Waals surface area contributed by atoms with Gasteiger partial charge in [0.05, 0.1) is 0 Å². The van der Waals surface area contributed by atoms with E-state index in [1.165, 1.54) is 19.3 Å². The van der Waals surface area contributed by atoms with Gasteiger partial charge in [-0.25, -0.2) is 0 Å². The molecule has 2 nitrogen and oxygen atoms in total. The van der Waals surface area contributed by atoms with Crippen LogP contribution in [0.2, 0.25) is 18.1 Å². The van der Waals surface area contributed by atoms with E-state index in [4.69, 9.17) is 4.43 Å². The Labute approximate surface area is 102 Å². The Morgan fingerprint density at radius 3 is 2.19 bits per heavy atom. The molecular formula is C13H28O2Si. The van der Waals surface area contributed by atoms with Gasteiger partial charge in [0.1, 0.15) is 0 Å². The first-order chi connectivity index (χ1) is 7.28. The molecule has 1 rings (SSSR count). The molecule has 0 aliphatic heterocycles. The Morgan fingerprint density at radius 2 is 1.88 bits per heavy atom. The Morgan fingerprint density at radius 1 is 1.31 bits per heavy atom. The molecule has 0 aromatic carbocycles. The number of aliphatic hydroxyl groups is 1. The number of aliphatic hydroxyl groups excluding tert-OH is 1. The predicted octanol–water partition coefficient (Wildman–Crippen LogP) is 3.42. The Hall–Kier alpha value is 0.137. The fourth-order valence-corrected chi connectivity index (χ4v) is 2.84. The summed E-state index contributed by atoms with van der Waals surface area (Å²) in [4.78, 5) is 0. The van der Waals surface area contributed by atoms with Crippen molar-refractivity contribution in [3.8, 4) is 0 Å². The molecule has 0 aromatic rings. The molecule has 0 amide bonds. The molecule has 1 unspecified atom stereocenters. The van der Waals surface area contributed by atoms with Crippen molar-refractivity contribution in [3.63, 3.8) is 0 Å². The second-order valence-electron chi connectivity index (χ2n) is 6.70. The molecule has 16 heavy (non-hydrogen) atoms. The number of hydrogen-bond acceptors (Lipinski definition) is 2. The monoisotopic (exact) mass is 244 g/mol. The molecule has 1 aliphatic rings. The first-order valence-electron chi connectivity index (χ1n) is 6.53. The van der Waals surface area contributed by atoms with Crippen LogP contribution in [0.25, 0.3) is 0 Å². The molecule has 1 fully saturated rings. The van der Waals surface area contributed by atoms with Gasteiger partial charge in [-0.2, -0.15) is 0 Å². The van der Waals surface area contributed by atoms with Gasteiger partial charge < -0.3 is 9.53 Å². The van der Waals surface area contributed by atoms with Crippen LogP contribution in [-0.4, -0.2) is 26.6 Å². The summed E-state index contributed by atoms with van der Waals surface area (Å²) >= 11 is 0. The van der Waals surface area contributed by atoms with E-state index in [0.717, 1.165) is 12.5 Å². The highest BCUT2D eigenvalue weighted by Gasteiger charge is 2.38. The van der Waals surface area contributed by atoms with E-state index in [-0.39, 0.29) is 5.04 Å². The first kappa shape index (κ1) is 14.2. The number of hydrogen-bond donors (Lipinski definition) is 1. The van der Waals surface area contributed by atoms with E-state index in [1.54, 1.807) is 0 Å². The van der Waals surface area contributed by atoms with Crippen LogP contribution >= 0.6 is 0 Å². The normalized spacial score (nSPS) is 20.6. The molecule has 0 saturated heterocycles. The third-order valence-electron chi connectivity index (χ3n) is 4.52. The maximum absolute atomic E-state index is 9.40. The van der Waals surface area contributed by atoms with Crippen molar-refractivity contribution < 1.29 is 9.53 Å². The van der Waals surface area contributed by atoms with Gasteiger partial charge in [0.15, 0.2) is 8.32 Å². The van der Waals surface area contributed by atoms with Crippen molar-refractivity contribution in [2.75, 3.05) is 13.2 Å². The molecule has 0 radical (unpaired) electrons. The van der Waals surface area contributed by atoms with Crippen LogP contribution in [0.15, 0.2) is 0 Å². The van der Waals surface area contributed by atoms with Gasteiger partial charge in [-0.1, -0.05) is 40.0 Å². The fraction of sp³-hybridized carbons (Fsp3) is 1.00. The Balaban J connectivity index is 2.42. The van der Waals surface area contributed by atoms with Crippen LogP contribution in [-0.2, 0) is 4.43 Å². The average molecular weight is 244 g/mol. The van der Waals surface area contributed by atoms with E-state index in [2.05, 4.69) is 33.9 Å². The zero-order valence-corrected chi connectivity index (χ0v) is 12.5. The van der Waals surface area contributed by atoms with Gasteiger partial charge in [0.25, 0.3) is 0 Å². The van der Waals surface area contributed by atoms with E-state index < -0.39 is 8.32 Å². The highest BCUT2D eigenvalue weighted by atomic mass is 28.4. The smallest absolute Gasteiger partial charge is 0.191 e. The lowest BCUT2D eigenvalue weighted by molar-refractivity contribution is 0.0744. The zero-order chi connectivity index (χ0) is 12.4. The quantitative estimate of drug-likeness (QED) is 0.751. The minimum Gasteiger partial charge on any atom is -0.416 e. The van der Waals surface area contributed by atoms with Crippen molar-refractivity contribution >= 4 is 8.32 Å². The topological polar surface area (TPSA) is 29.5 Å². The second kappa shape index (κ2) is 5.19. The Kier molecular flexibility index (Phi) is 4.61. The van der Waals surface area contributed by atoms with Crippen LogP contribution in [0.1, 0.15) is 40.0 Å². The standard InChI is InChI=1S/C13H28O2Si/c1-13(2,3)16(4,5)15-10-12(9-14)11-7-6-8-11/h11-12,14H,6-10H2,1-5H3. The van der Waals surface area contributed by atoms with Crippen molar-refractivity contribution in [2.24, 2.45) is 11.8 Å². The highest BCUT2D eigenvalue weighted by molar-refractivity contribution is 6.74. The number of rotatable bonds is 5. The lowest BCUT2D eigenvalue weighted by Gasteiger charge is -2.39. The average Bonchev–Trinajstić information content (AvgIpc) is 2.06. The molecule has 0 bridgehead atoms. The second-order valence-corrected chi connectivity index (χ2v) is 11.5. The van der Waals surface area contributed by atoms with Crippen LogP contribution in [0, 0.1) is 11.8 Å². The van der Waals surface area contributed by atoms with Gasteiger partial charge in [0.2, 0.25) is 0 Å². The van der Waals surface area contributed by atoms with Crippen LogP contribution < -0.4 is 0 Å². The van der Waals surface area contributed by atoms with Crippen molar-refractivity contribution in [2.45, 2.75) is 58.2 Å². The van der Waals surface area contributed by atoms with Crippen LogP contribution in [0.3, 0.4) is 0 Å². The molecule has 96 valence electrons. The van der Waals surface area contributed by atoms with E-state index >= 15 is 0 Å². The van der Waals surface area contributed by atoms with Crippen molar-refractivity contribution in [1.82, 2.24) is 0 Å². The minimum atomic E-state index is -1.63. The summed E-state index contributed by atoms with van der Waals surface area (Å²) in [7, 11) is -1.63. The van der Waals surface area contributed by atoms with Gasteiger partial charge in [-0.05, 0) is 24.1 Å².